The zero-order chi connectivity index (χ0) is 14.3. The van der Waals surface area contributed by atoms with Crippen LogP contribution in [0, 0.1) is 0 Å². The van der Waals surface area contributed by atoms with E-state index in [2.05, 4.69) is 72.9 Å². The Balaban J connectivity index is 2.50. The summed E-state index contributed by atoms with van der Waals surface area (Å²) < 4.78 is 5.57. The quantitative estimate of drug-likeness (QED) is 0.833. The maximum absolute atomic E-state index is 5.57. The summed E-state index contributed by atoms with van der Waals surface area (Å²) in [6.45, 7) is 4.61. The van der Waals surface area contributed by atoms with Gasteiger partial charge in [0.2, 0.25) is 0 Å². The van der Waals surface area contributed by atoms with Gasteiger partial charge < -0.3 is 10.1 Å². The number of nitrogens with one attached hydrogen (secondary N) is 1. The molecule has 0 spiro atoms. The molecule has 2 aromatic rings. The third kappa shape index (κ3) is 3.09. The van der Waals surface area contributed by atoms with Crippen molar-refractivity contribution in [1.82, 2.24) is 5.32 Å². The van der Waals surface area contributed by atoms with Crippen LogP contribution in [0.2, 0.25) is 0 Å². The summed E-state index contributed by atoms with van der Waals surface area (Å²) in [4.78, 5) is 0. The molecular formula is C18H23NO. The zero-order valence-corrected chi connectivity index (χ0v) is 12.3. The summed E-state index contributed by atoms with van der Waals surface area (Å²) in [5.74, 6) is 0. The van der Waals surface area contributed by atoms with Crippen molar-refractivity contribution in [3.8, 4) is 0 Å². The van der Waals surface area contributed by atoms with Crippen molar-refractivity contribution in [1.29, 1.82) is 0 Å². The highest BCUT2D eigenvalue weighted by Gasteiger charge is 2.33. The Morgan fingerprint density at radius 2 is 1.40 bits per heavy atom. The molecule has 2 rings (SSSR count). The van der Waals surface area contributed by atoms with Crippen LogP contribution >= 0.6 is 0 Å². The molecule has 0 fully saturated rings. The summed E-state index contributed by atoms with van der Waals surface area (Å²) in [6, 6.07) is 21.2. The lowest BCUT2D eigenvalue weighted by atomic mass is 9.75. The van der Waals surface area contributed by atoms with Crippen molar-refractivity contribution in [2.45, 2.75) is 12.3 Å². The van der Waals surface area contributed by atoms with Crippen molar-refractivity contribution in [2.24, 2.45) is 0 Å². The second-order valence-corrected chi connectivity index (χ2v) is 5.03. The Bertz CT molecular complexity index is 456. The molecule has 2 heteroatoms. The molecule has 0 atom stereocenters. The van der Waals surface area contributed by atoms with Gasteiger partial charge in [-0.15, -0.1) is 0 Å². The summed E-state index contributed by atoms with van der Waals surface area (Å²) in [5.41, 5.74) is 2.43. The maximum atomic E-state index is 5.57. The van der Waals surface area contributed by atoms with Gasteiger partial charge in [0.25, 0.3) is 0 Å². The van der Waals surface area contributed by atoms with Gasteiger partial charge in [-0.2, -0.15) is 0 Å². The van der Waals surface area contributed by atoms with Crippen molar-refractivity contribution in [3.63, 3.8) is 0 Å². The van der Waals surface area contributed by atoms with Crippen LogP contribution in [0.1, 0.15) is 18.1 Å². The molecule has 0 aliphatic heterocycles. The smallest absolute Gasteiger partial charge is 0.0612 e. The first kappa shape index (κ1) is 14.8. The van der Waals surface area contributed by atoms with Crippen LogP contribution < -0.4 is 5.32 Å². The van der Waals surface area contributed by atoms with Gasteiger partial charge in [0.05, 0.1) is 12.0 Å². The van der Waals surface area contributed by atoms with E-state index in [1.165, 1.54) is 11.1 Å². The molecule has 0 aliphatic rings. The van der Waals surface area contributed by atoms with Crippen molar-refractivity contribution < 1.29 is 4.74 Å². The van der Waals surface area contributed by atoms with Crippen LogP contribution in [-0.2, 0) is 10.2 Å². The monoisotopic (exact) mass is 269 g/mol. The maximum Gasteiger partial charge on any atom is 0.0612 e. The van der Waals surface area contributed by atoms with Crippen LogP contribution in [0.5, 0.6) is 0 Å². The highest BCUT2D eigenvalue weighted by Crippen LogP contribution is 2.32. The van der Waals surface area contributed by atoms with Gasteiger partial charge in [0, 0.05) is 13.7 Å². The molecule has 0 aliphatic carbocycles. The summed E-state index contributed by atoms with van der Waals surface area (Å²) in [6.07, 6.45) is 0. The third-order valence-corrected chi connectivity index (χ3v) is 3.72. The molecule has 0 aromatic heterocycles. The van der Waals surface area contributed by atoms with Gasteiger partial charge in [0.1, 0.15) is 0 Å². The van der Waals surface area contributed by atoms with Crippen LogP contribution in [0.4, 0.5) is 0 Å². The first-order valence-corrected chi connectivity index (χ1v) is 7.14. The Kier molecular flexibility index (Phi) is 5.33. The molecule has 0 unspecified atom stereocenters. The number of hydrogen-bond donors (Lipinski definition) is 1. The minimum absolute atomic E-state index is 0.146. The van der Waals surface area contributed by atoms with Gasteiger partial charge in [-0.25, -0.2) is 0 Å². The van der Waals surface area contributed by atoms with Crippen molar-refractivity contribution in [2.75, 3.05) is 26.8 Å². The van der Waals surface area contributed by atoms with Gasteiger partial charge in [-0.1, -0.05) is 67.6 Å². The number of hydrogen-bond acceptors (Lipinski definition) is 2. The molecule has 106 valence electrons. The predicted octanol–water partition coefficient (Wildman–Crippen LogP) is 3.23. The van der Waals surface area contributed by atoms with E-state index in [1.807, 2.05) is 0 Å². The fourth-order valence-corrected chi connectivity index (χ4v) is 2.69. The Hall–Kier alpha value is -1.64. The van der Waals surface area contributed by atoms with Gasteiger partial charge in [-0.3, -0.25) is 0 Å². The molecule has 20 heavy (non-hydrogen) atoms. The summed E-state index contributed by atoms with van der Waals surface area (Å²) in [5, 5.41) is 3.49. The highest BCUT2D eigenvalue weighted by molar-refractivity contribution is 5.40. The SMILES string of the molecule is CCNCC(COC)(c1ccccc1)c1ccccc1. The number of ether oxygens (including phenoxy) is 1. The lowest BCUT2D eigenvalue weighted by molar-refractivity contribution is 0.146. The van der Waals surface area contributed by atoms with Gasteiger partial charge in [0.15, 0.2) is 0 Å². The predicted molar refractivity (Wildman–Crippen MR) is 84.1 cm³/mol. The van der Waals surface area contributed by atoms with Gasteiger partial charge in [-0.05, 0) is 17.7 Å². The number of rotatable bonds is 7. The number of benzene rings is 2. The lowest BCUT2D eigenvalue weighted by Gasteiger charge is -2.34. The average Bonchev–Trinajstić information content (AvgIpc) is 2.53. The van der Waals surface area contributed by atoms with Crippen LogP contribution in [0.25, 0.3) is 0 Å². The molecular weight excluding hydrogens is 246 g/mol. The third-order valence-electron chi connectivity index (χ3n) is 3.72. The average molecular weight is 269 g/mol. The topological polar surface area (TPSA) is 21.3 Å². The van der Waals surface area contributed by atoms with E-state index < -0.39 is 0 Å². The first-order valence-electron chi connectivity index (χ1n) is 7.14. The van der Waals surface area contributed by atoms with E-state index in [1.54, 1.807) is 7.11 Å². The Labute approximate surface area is 121 Å². The molecule has 0 heterocycles. The second-order valence-electron chi connectivity index (χ2n) is 5.03. The van der Waals surface area contributed by atoms with Crippen LogP contribution in [0.3, 0.4) is 0 Å². The molecule has 0 saturated heterocycles. The molecule has 1 N–H and O–H groups in total. The molecule has 0 amide bonds. The standard InChI is InChI=1S/C18H23NO/c1-3-19-14-18(15-20-2,16-10-6-4-7-11-16)17-12-8-5-9-13-17/h4-13,19H,3,14-15H2,1-2H3. The number of methoxy groups -OCH3 is 1. The molecule has 2 nitrogen and oxygen atoms in total. The fourth-order valence-electron chi connectivity index (χ4n) is 2.69. The van der Waals surface area contributed by atoms with E-state index in [9.17, 15) is 0 Å². The second kappa shape index (κ2) is 7.22. The lowest BCUT2D eigenvalue weighted by Crippen LogP contribution is -2.43. The van der Waals surface area contributed by atoms with E-state index >= 15 is 0 Å². The first-order chi connectivity index (χ1) is 9.83. The normalized spacial score (nSPS) is 11.5. The van der Waals surface area contributed by atoms with Crippen molar-refractivity contribution in [3.05, 3.63) is 71.8 Å². The molecule has 0 saturated carbocycles. The van der Waals surface area contributed by atoms with Gasteiger partial charge >= 0.3 is 0 Å². The highest BCUT2D eigenvalue weighted by atomic mass is 16.5. The number of likely N-dealkylation sites (N-methyl/N-ethyl adjacent to an activating group) is 1. The summed E-state index contributed by atoms with van der Waals surface area (Å²) >= 11 is 0. The van der Waals surface area contributed by atoms with E-state index in [0.717, 1.165) is 13.1 Å². The molecule has 2 aromatic carbocycles. The van der Waals surface area contributed by atoms with E-state index in [4.69, 9.17) is 4.74 Å². The Morgan fingerprint density at radius 3 is 1.80 bits per heavy atom. The minimum Gasteiger partial charge on any atom is -0.383 e. The largest absolute Gasteiger partial charge is 0.383 e. The fraction of sp³-hybridized carbons (Fsp3) is 0.333. The zero-order valence-electron chi connectivity index (χ0n) is 12.3. The molecule has 0 radical (unpaired) electrons. The summed E-state index contributed by atoms with van der Waals surface area (Å²) in [7, 11) is 1.77. The minimum atomic E-state index is -0.146. The van der Waals surface area contributed by atoms with Crippen LogP contribution in [-0.4, -0.2) is 26.8 Å². The Morgan fingerprint density at radius 1 is 0.900 bits per heavy atom. The van der Waals surface area contributed by atoms with Crippen LogP contribution in [0.15, 0.2) is 60.7 Å². The van der Waals surface area contributed by atoms with E-state index in [0.29, 0.717) is 6.61 Å². The van der Waals surface area contributed by atoms with E-state index in [-0.39, 0.29) is 5.41 Å². The van der Waals surface area contributed by atoms with Crippen molar-refractivity contribution >= 4 is 0 Å². The molecule has 0 bridgehead atoms.